The topological polar surface area (TPSA) is 86.9 Å². The Labute approximate surface area is 220 Å². The van der Waals surface area contributed by atoms with Crippen molar-refractivity contribution in [2.24, 2.45) is 0 Å². The van der Waals surface area contributed by atoms with E-state index < -0.39 is 0 Å². The zero-order valence-corrected chi connectivity index (χ0v) is 20.9. The maximum absolute atomic E-state index is 13.7. The van der Waals surface area contributed by atoms with Gasteiger partial charge in [0, 0.05) is 61.0 Å². The number of H-pyrrole nitrogens is 1. The van der Waals surface area contributed by atoms with E-state index in [-0.39, 0.29) is 24.3 Å². The van der Waals surface area contributed by atoms with Crippen LogP contribution in [0.25, 0.3) is 17.0 Å². The molecule has 8 nitrogen and oxygen atoms in total. The van der Waals surface area contributed by atoms with E-state index in [0.29, 0.717) is 18.7 Å². The number of aromatic nitrogens is 1. The highest BCUT2D eigenvalue weighted by Crippen LogP contribution is 2.33. The summed E-state index contributed by atoms with van der Waals surface area (Å²) in [5.41, 5.74) is 3.71. The van der Waals surface area contributed by atoms with Gasteiger partial charge < -0.3 is 24.7 Å². The highest BCUT2D eigenvalue weighted by Gasteiger charge is 2.26. The SMILES string of the molecule is O=C(N/C(=C\c1c[nH]c2ccccc12)C(=O)N1CCN(Cc2ccc3c(c2)OCO3)CC1)c1ccccc1. The summed E-state index contributed by atoms with van der Waals surface area (Å²) in [6.45, 7) is 3.61. The number of aromatic amines is 1. The Balaban J connectivity index is 1.18. The van der Waals surface area contributed by atoms with E-state index in [1.807, 2.05) is 59.6 Å². The molecule has 0 spiro atoms. The molecule has 1 fully saturated rings. The van der Waals surface area contributed by atoms with Gasteiger partial charge in [0.1, 0.15) is 5.70 Å². The molecule has 3 aromatic carbocycles. The first-order valence-corrected chi connectivity index (χ1v) is 12.7. The molecule has 4 aromatic rings. The van der Waals surface area contributed by atoms with Gasteiger partial charge in [-0.25, -0.2) is 0 Å². The maximum atomic E-state index is 13.7. The van der Waals surface area contributed by atoms with Crippen LogP contribution in [0.4, 0.5) is 0 Å². The van der Waals surface area contributed by atoms with Gasteiger partial charge in [-0.15, -0.1) is 0 Å². The fraction of sp³-hybridized carbons (Fsp3) is 0.200. The summed E-state index contributed by atoms with van der Waals surface area (Å²) < 4.78 is 10.9. The lowest BCUT2D eigenvalue weighted by Gasteiger charge is -2.35. The minimum Gasteiger partial charge on any atom is -0.454 e. The molecule has 2 aliphatic rings. The summed E-state index contributed by atoms with van der Waals surface area (Å²) in [5.74, 6) is 1.04. The van der Waals surface area contributed by atoms with Crippen LogP contribution < -0.4 is 14.8 Å². The number of amides is 2. The van der Waals surface area contributed by atoms with Gasteiger partial charge in [0.15, 0.2) is 11.5 Å². The second kappa shape index (κ2) is 10.4. The van der Waals surface area contributed by atoms with Crippen molar-refractivity contribution in [3.8, 4) is 11.5 Å². The molecule has 3 heterocycles. The predicted molar refractivity (Wildman–Crippen MR) is 145 cm³/mol. The molecular weight excluding hydrogens is 480 g/mol. The number of para-hydroxylation sites is 1. The van der Waals surface area contributed by atoms with Crippen molar-refractivity contribution >= 4 is 28.8 Å². The van der Waals surface area contributed by atoms with Crippen LogP contribution in [-0.2, 0) is 11.3 Å². The number of benzene rings is 3. The van der Waals surface area contributed by atoms with Crippen molar-refractivity contribution < 1.29 is 19.1 Å². The number of fused-ring (bicyclic) bond motifs is 2. The first kappa shape index (κ1) is 23.8. The number of hydrogen-bond acceptors (Lipinski definition) is 5. The Kier molecular flexibility index (Phi) is 6.54. The Morgan fingerprint density at radius 1 is 0.895 bits per heavy atom. The van der Waals surface area contributed by atoms with E-state index in [4.69, 9.17) is 9.47 Å². The number of carbonyl (C=O) groups excluding carboxylic acids is 2. The third kappa shape index (κ3) is 4.99. The molecule has 0 aliphatic carbocycles. The number of hydrogen-bond donors (Lipinski definition) is 2. The third-order valence-electron chi connectivity index (χ3n) is 6.94. The largest absolute Gasteiger partial charge is 0.454 e. The van der Waals surface area contributed by atoms with Gasteiger partial charge in [-0.05, 0) is 42.0 Å². The van der Waals surface area contributed by atoms with Gasteiger partial charge in [-0.2, -0.15) is 0 Å². The van der Waals surface area contributed by atoms with Gasteiger partial charge in [0.25, 0.3) is 11.8 Å². The van der Waals surface area contributed by atoms with Crippen LogP contribution in [-0.4, -0.2) is 59.6 Å². The Bertz CT molecular complexity index is 1500. The molecule has 192 valence electrons. The molecule has 0 unspecified atom stereocenters. The van der Waals surface area contributed by atoms with Crippen molar-refractivity contribution in [3.63, 3.8) is 0 Å². The van der Waals surface area contributed by atoms with E-state index >= 15 is 0 Å². The summed E-state index contributed by atoms with van der Waals surface area (Å²) in [4.78, 5) is 34.1. The van der Waals surface area contributed by atoms with Crippen molar-refractivity contribution in [2.75, 3.05) is 33.0 Å². The molecule has 8 heteroatoms. The summed E-state index contributed by atoms with van der Waals surface area (Å²) >= 11 is 0. The number of ether oxygens (including phenoxy) is 2. The Morgan fingerprint density at radius 3 is 2.50 bits per heavy atom. The summed E-state index contributed by atoms with van der Waals surface area (Å²) in [5, 5.41) is 3.87. The molecule has 38 heavy (non-hydrogen) atoms. The molecule has 2 amide bonds. The highest BCUT2D eigenvalue weighted by molar-refractivity contribution is 6.06. The van der Waals surface area contributed by atoms with Crippen LogP contribution in [0.15, 0.2) is 84.7 Å². The van der Waals surface area contributed by atoms with Crippen molar-refractivity contribution in [1.82, 2.24) is 20.1 Å². The lowest BCUT2D eigenvalue weighted by Crippen LogP contribution is -2.50. The zero-order valence-electron chi connectivity index (χ0n) is 20.9. The van der Waals surface area contributed by atoms with Crippen molar-refractivity contribution in [2.45, 2.75) is 6.54 Å². The van der Waals surface area contributed by atoms with E-state index in [2.05, 4.69) is 15.2 Å². The molecule has 0 saturated carbocycles. The first-order chi connectivity index (χ1) is 18.6. The van der Waals surface area contributed by atoms with Gasteiger partial charge in [-0.1, -0.05) is 42.5 Å². The highest BCUT2D eigenvalue weighted by atomic mass is 16.7. The number of nitrogens with one attached hydrogen (secondary N) is 2. The van der Waals surface area contributed by atoms with Crippen LogP contribution in [0.2, 0.25) is 0 Å². The van der Waals surface area contributed by atoms with Crippen LogP contribution in [0.3, 0.4) is 0 Å². The van der Waals surface area contributed by atoms with E-state index in [9.17, 15) is 9.59 Å². The maximum Gasteiger partial charge on any atom is 0.270 e. The average Bonchev–Trinajstić information content (AvgIpc) is 3.60. The third-order valence-corrected chi connectivity index (χ3v) is 6.94. The molecule has 1 saturated heterocycles. The summed E-state index contributed by atoms with van der Waals surface area (Å²) in [7, 11) is 0. The summed E-state index contributed by atoms with van der Waals surface area (Å²) in [6, 6.07) is 22.8. The van der Waals surface area contributed by atoms with Gasteiger partial charge in [0.2, 0.25) is 6.79 Å². The van der Waals surface area contributed by atoms with Crippen LogP contribution >= 0.6 is 0 Å². The van der Waals surface area contributed by atoms with Crippen molar-refractivity contribution in [3.05, 3.63) is 101 Å². The minimum absolute atomic E-state index is 0.192. The summed E-state index contributed by atoms with van der Waals surface area (Å²) in [6.07, 6.45) is 3.62. The molecule has 0 atom stereocenters. The Morgan fingerprint density at radius 2 is 1.66 bits per heavy atom. The monoisotopic (exact) mass is 508 g/mol. The van der Waals surface area contributed by atoms with Gasteiger partial charge in [-0.3, -0.25) is 14.5 Å². The molecular formula is C30H28N4O4. The molecule has 0 bridgehead atoms. The lowest BCUT2D eigenvalue weighted by molar-refractivity contribution is -0.129. The van der Waals surface area contributed by atoms with E-state index in [0.717, 1.165) is 53.2 Å². The number of nitrogens with zero attached hydrogens (tertiary/aromatic N) is 2. The molecule has 6 rings (SSSR count). The average molecular weight is 509 g/mol. The number of rotatable bonds is 6. The Hall–Kier alpha value is -4.56. The molecule has 0 radical (unpaired) electrons. The second-order valence-electron chi connectivity index (χ2n) is 9.42. The number of carbonyl (C=O) groups is 2. The number of piperazine rings is 1. The predicted octanol–water partition coefficient (Wildman–Crippen LogP) is 4.01. The van der Waals surface area contributed by atoms with Crippen LogP contribution in [0, 0.1) is 0 Å². The fourth-order valence-electron chi connectivity index (χ4n) is 4.88. The molecule has 1 aromatic heterocycles. The fourth-order valence-corrected chi connectivity index (χ4v) is 4.88. The van der Waals surface area contributed by atoms with E-state index in [1.165, 1.54) is 0 Å². The molecule has 2 aliphatic heterocycles. The smallest absolute Gasteiger partial charge is 0.270 e. The zero-order chi connectivity index (χ0) is 25.9. The first-order valence-electron chi connectivity index (χ1n) is 12.7. The normalized spacial score (nSPS) is 15.6. The lowest BCUT2D eigenvalue weighted by atomic mass is 10.1. The van der Waals surface area contributed by atoms with Gasteiger partial charge in [0.05, 0.1) is 0 Å². The standard InChI is InChI=1S/C30H28N4O4/c35-29(22-6-2-1-3-7-22)32-26(17-23-18-31-25-9-5-4-8-24(23)25)30(36)34-14-12-33(13-15-34)19-21-10-11-27-28(16-21)38-20-37-27/h1-11,16-18,31H,12-15,19-20H2,(H,32,35)/b26-17-. The van der Waals surface area contributed by atoms with Crippen LogP contribution in [0.1, 0.15) is 21.5 Å². The molecule has 2 N–H and O–H groups in total. The quantitative estimate of drug-likeness (QED) is 0.385. The van der Waals surface area contributed by atoms with Gasteiger partial charge >= 0.3 is 0 Å². The second-order valence-corrected chi connectivity index (χ2v) is 9.42. The van der Waals surface area contributed by atoms with Crippen LogP contribution in [0.5, 0.6) is 11.5 Å². The minimum atomic E-state index is -0.313. The van der Waals surface area contributed by atoms with E-state index in [1.54, 1.807) is 30.3 Å². The van der Waals surface area contributed by atoms with Crippen molar-refractivity contribution in [1.29, 1.82) is 0 Å².